The van der Waals surface area contributed by atoms with E-state index in [4.69, 9.17) is 9.94 Å². The summed E-state index contributed by atoms with van der Waals surface area (Å²) in [6.45, 7) is 2.98. The number of amides is 1. The topological polar surface area (TPSA) is 92.6 Å². The molecule has 1 aromatic heterocycles. The molecule has 10 heteroatoms. The van der Waals surface area contributed by atoms with E-state index in [2.05, 4.69) is 26.7 Å². The Bertz CT molecular complexity index is 934. The number of hydrogen-bond donors (Lipinski definition) is 3. The van der Waals surface area contributed by atoms with E-state index in [1.165, 1.54) is 18.2 Å². The number of hydrogen-bond acceptors (Lipinski definition) is 5. The Morgan fingerprint density at radius 2 is 2.04 bits per heavy atom. The molecule has 2 rings (SSSR count). The second kappa shape index (κ2) is 9.76. The average molecular weight is 460 g/mol. The van der Waals surface area contributed by atoms with Gasteiger partial charge in [-0.3, -0.25) is 14.4 Å². The minimum absolute atomic E-state index is 0.108. The Labute approximate surface area is 168 Å². The van der Waals surface area contributed by atoms with E-state index >= 15 is 0 Å². The van der Waals surface area contributed by atoms with Gasteiger partial charge < -0.3 is 15.0 Å². The fraction of sp³-hybridized carbons (Fsp3) is 0.333. The molecule has 2 aromatic rings. The largest absolute Gasteiger partial charge is 0.394 e. The summed E-state index contributed by atoms with van der Waals surface area (Å²) >= 11 is 3.13. The molecule has 0 spiro atoms. The number of nitrogens with zero attached hydrogens (tertiary/aromatic N) is 1. The number of carbonyl (C=O) groups excluding carboxylic acids is 1. The third-order valence-electron chi connectivity index (χ3n) is 3.94. The first-order valence-electron chi connectivity index (χ1n) is 8.55. The van der Waals surface area contributed by atoms with Crippen LogP contribution in [0, 0.1) is 11.6 Å². The molecule has 1 amide bonds. The Morgan fingerprint density at radius 3 is 2.61 bits per heavy atom. The van der Waals surface area contributed by atoms with Crippen LogP contribution in [-0.4, -0.2) is 28.8 Å². The van der Waals surface area contributed by atoms with Gasteiger partial charge in [0.05, 0.1) is 30.2 Å². The lowest BCUT2D eigenvalue weighted by Crippen LogP contribution is -2.34. The lowest BCUT2D eigenvalue weighted by atomic mass is 10.1. The average Bonchev–Trinajstić information content (AvgIpc) is 2.67. The van der Waals surface area contributed by atoms with Gasteiger partial charge in [-0.25, -0.2) is 9.87 Å². The summed E-state index contributed by atoms with van der Waals surface area (Å²) in [6.07, 6.45) is 0.240. The normalized spacial score (nSPS) is 10.8. The van der Waals surface area contributed by atoms with Crippen LogP contribution < -0.4 is 16.4 Å². The van der Waals surface area contributed by atoms with Crippen molar-refractivity contribution in [3.63, 3.8) is 0 Å². The van der Waals surface area contributed by atoms with Crippen molar-refractivity contribution >= 4 is 33.2 Å². The minimum atomic E-state index is -1.21. The van der Waals surface area contributed by atoms with Crippen LogP contribution in [0.15, 0.2) is 27.5 Å². The summed E-state index contributed by atoms with van der Waals surface area (Å²) in [4.78, 5) is 29.9. The molecule has 0 atom stereocenters. The van der Waals surface area contributed by atoms with E-state index in [0.717, 1.165) is 4.57 Å². The van der Waals surface area contributed by atoms with Crippen LogP contribution in [0.2, 0.25) is 0 Å². The number of nitrogens with one attached hydrogen (secondary N) is 2. The monoisotopic (exact) mass is 459 g/mol. The number of carbonyl (C=O) groups is 1. The van der Waals surface area contributed by atoms with Crippen LogP contribution in [0.3, 0.4) is 0 Å². The number of aliphatic hydroxyl groups excluding tert-OH is 1. The smallest absolute Gasteiger partial charge is 0.288 e. The number of halogens is 3. The molecule has 0 fully saturated rings. The van der Waals surface area contributed by atoms with E-state index in [0.29, 0.717) is 4.47 Å². The number of aromatic nitrogens is 1. The van der Waals surface area contributed by atoms with Gasteiger partial charge in [0.2, 0.25) is 5.82 Å². The lowest BCUT2D eigenvalue weighted by Gasteiger charge is -2.20. The van der Waals surface area contributed by atoms with Crippen molar-refractivity contribution in [2.45, 2.75) is 26.8 Å². The number of aliphatic hydroxyl groups is 1. The molecular formula is C18H20BrF2N3O4. The van der Waals surface area contributed by atoms with Gasteiger partial charge in [-0.05, 0) is 31.5 Å². The van der Waals surface area contributed by atoms with E-state index in [9.17, 15) is 18.4 Å². The Kier molecular flexibility index (Phi) is 7.67. The SMILES string of the molecule is CCc1c(C(=O)NOCCO)c(Nc2ccc(Br)cc2F)c(F)c(=O)n1CC. The number of rotatable bonds is 8. The second-order valence-electron chi connectivity index (χ2n) is 5.67. The Morgan fingerprint density at radius 1 is 1.32 bits per heavy atom. The standard InChI is InChI=1S/C18H20BrF2N3O4/c1-3-13-14(17(26)23-28-8-7-25)16(15(21)18(27)24(13)4-2)22-12-6-5-10(19)9-11(12)20/h5-6,9,22,25H,3-4,7-8H2,1-2H3,(H,23,26). The zero-order valence-electron chi connectivity index (χ0n) is 15.3. The highest BCUT2D eigenvalue weighted by Crippen LogP contribution is 2.28. The van der Waals surface area contributed by atoms with Crippen LogP contribution in [0.25, 0.3) is 0 Å². The van der Waals surface area contributed by atoms with Gasteiger partial charge in [0.15, 0.2) is 0 Å². The van der Waals surface area contributed by atoms with Gasteiger partial charge in [-0.15, -0.1) is 0 Å². The molecule has 152 valence electrons. The van der Waals surface area contributed by atoms with Crippen molar-refractivity contribution in [2.24, 2.45) is 0 Å². The van der Waals surface area contributed by atoms with Crippen molar-refractivity contribution in [3.05, 3.63) is 55.9 Å². The van der Waals surface area contributed by atoms with E-state index in [-0.39, 0.29) is 43.1 Å². The van der Waals surface area contributed by atoms with Crippen molar-refractivity contribution < 1.29 is 23.5 Å². The molecule has 0 unspecified atom stereocenters. The maximum atomic E-state index is 14.9. The molecule has 28 heavy (non-hydrogen) atoms. The van der Waals surface area contributed by atoms with Gasteiger partial charge in [-0.1, -0.05) is 22.9 Å². The van der Waals surface area contributed by atoms with Gasteiger partial charge in [0, 0.05) is 16.7 Å². The van der Waals surface area contributed by atoms with Crippen molar-refractivity contribution in [1.29, 1.82) is 0 Å². The molecule has 0 aliphatic heterocycles. The summed E-state index contributed by atoms with van der Waals surface area (Å²) in [5.41, 5.74) is 0.706. The molecule has 0 aliphatic carbocycles. The van der Waals surface area contributed by atoms with Gasteiger partial charge in [0.1, 0.15) is 5.82 Å². The predicted octanol–water partition coefficient (Wildman–Crippen LogP) is 2.87. The minimum Gasteiger partial charge on any atom is -0.394 e. The summed E-state index contributed by atoms with van der Waals surface area (Å²) in [7, 11) is 0. The van der Waals surface area contributed by atoms with Gasteiger partial charge in [-0.2, -0.15) is 4.39 Å². The van der Waals surface area contributed by atoms with E-state index in [1.54, 1.807) is 13.8 Å². The maximum absolute atomic E-state index is 14.9. The highest BCUT2D eigenvalue weighted by Gasteiger charge is 2.26. The van der Waals surface area contributed by atoms with Crippen molar-refractivity contribution in [2.75, 3.05) is 18.5 Å². The maximum Gasteiger partial charge on any atom is 0.288 e. The van der Waals surface area contributed by atoms with Crippen LogP contribution >= 0.6 is 15.9 Å². The number of anilines is 2. The van der Waals surface area contributed by atoms with Crippen LogP contribution in [0.4, 0.5) is 20.2 Å². The second-order valence-corrected chi connectivity index (χ2v) is 6.58. The third-order valence-corrected chi connectivity index (χ3v) is 4.44. The van der Waals surface area contributed by atoms with E-state index in [1.807, 2.05) is 0 Å². The third kappa shape index (κ3) is 4.57. The Balaban J connectivity index is 2.65. The first-order chi connectivity index (χ1) is 13.3. The molecule has 1 heterocycles. The van der Waals surface area contributed by atoms with Crippen molar-refractivity contribution in [1.82, 2.24) is 10.0 Å². The molecule has 0 bridgehead atoms. The lowest BCUT2D eigenvalue weighted by molar-refractivity contribution is 0.0167. The highest BCUT2D eigenvalue weighted by atomic mass is 79.9. The summed E-state index contributed by atoms with van der Waals surface area (Å²) in [5.74, 6) is -2.74. The number of pyridine rings is 1. The van der Waals surface area contributed by atoms with Gasteiger partial charge >= 0.3 is 0 Å². The van der Waals surface area contributed by atoms with Crippen LogP contribution in [0.1, 0.15) is 29.9 Å². The van der Waals surface area contributed by atoms with Crippen molar-refractivity contribution in [3.8, 4) is 0 Å². The first kappa shape index (κ1) is 22.0. The molecule has 7 nitrogen and oxygen atoms in total. The molecule has 1 aromatic carbocycles. The van der Waals surface area contributed by atoms with Gasteiger partial charge in [0.25, 0.3) is 11.5 Å². The molecule has 0 radical (unpaired) electrons. The fourth-order valence-corrected chi connectivity index (χ4v) is 3.07. The van der Waals surface area contributed by atoms with E-state index < -0.39 is 28.8 Å². The molecule has 0 saturated carbocycles. The Hall–Kier alpha value is -2.30. The molecular weight excluding hydrogens is 440 g/mol. The highest BCUT2D eigenvalue weighted by molar-refractivity contribution is 9.10. The van der Waals surface area contributed by atoms with Crippen LogP contribution in [-0.2, 0) is 17.8 Å². The fourth-order valence-electron chi connectivity index (χ4n) is 2.74. The molecule has 0 saturated heterocycles. The predicted molar refractivity (Wildman–Crippen MR) is 104 cm³/mol. The zero-order chi connectivity index (χ0) is 20.8. The first-order valence-corrected chi connectivity index (χ1v) is 9.35. The van der Waals surface area contributed by atoms with Crippen LogP contribution in [0.5, 0.6) is 0 Å². The number of hydroxylamine groups is 1. The quantitative estimate of drug-likeness (QED) is 0.416. The summed E-state index contributed by atoms with van der Waals surface area (Å²) in [6, 6.07) is 4.04. The number of benzene rings is 1. The molecule has 3 N–H and O–H groups in total. The summed E-state index contributed by atoms with van der Waals surface area (Å²) in [5, 5.41) is 11.3. The molecule has 0 aliphatic rings. The zero-order valence-corrected chi connectivity index (χ0v) is 16.9. The summed E-state index contributed by atoms with van der Waals surface area (Å²) < 4.78 is 30.7.